The van der Waals surface area contributed by atoms with Crippen molar-refractivity contribution < 1.29 is 4.39 Å². The number of nitrogens with zero attached hydrogens (tertiary/aromatic N) is 1. The van der Waals surface area contributed by atoms with Crippen LogP contribution >= 0.6 is 0 Å². The molecule has 19 heavy (non-hydrogen) atoms. The Morgan fingerprint density at radius 1 is 1.26 bits per heavy atom. The number of halogens is 1. The quantitative estimate of drug-likeness (QED) is 0.706. The van der Waals surface area contributed by atoms with E-state index in [1.54, 1.807) is 6.07 Å². The molecule has 100 valence electrons. The van der Waals surface area contributed by atoms with Gasteiger partial charge in [-0.1, -0.05) is 31.2 Å². The van der Waals surface area contributed by atoms with E-state index in [1.807, 2.05) is 0 Å². The molecule has 1 aliphatic carbocycles. The molecule has 0 amide bonds. The molecule has 0 atom stereocenters. The molecule has 1 nitrogen and oxygen atoms in total. The highest BCUT2D eigenvalue weighted by molar-refractivity contribution is 5.26. The second-order valence-electron chi connectivity index (χ2n) is 5.33. The summed E-state index contributed by atoms with van der Waals surface area (Å²) in [4.78, 5) is 0. The van der Waals surface area contributed by atoms with Crippen molar-refractivity contribution in [2.24, 2.45) is 5.92 Å². The molecule has 0 bridgehead atoms. The molecule has 0 heterocycles. The average molecular weight is 257 g/mol. The van der Waals surface area contributed by atoms with Crippen molar-refractivity contribution in [2.45, 2.75) is 44.9 Å². The molecule has 0 unspecified atom stereocenters. The van der Waals surface area contributed by atoms with Crippen LogP contribution in [0, 0.1) is 17.2 Å². The Morgan fingerprint density at radius 3 is 2.42 bits per heavy atom. The molecular formula is C17H20FN. The fourth-order valence-electron chi connectivity index (χ4n) is 2.89. The van der Waals surface area contributed by atoms with Gasteiger partial charge >= 0.3 is 0 Å². The Hall–Kier alpha value is -1.62. The van der Waals surface area contributed by atoms with Crippen LogP contribution in [0.4, 0.5) is 4.39 Å². The van der Waals surface area contributed by atoms with Crippen LogP contribution in [-0.4, -0.2) is 0 Å². The highest BCUT2D eigenvalue weighted by Crippen LogP contribution is 2.36. The van der Waals surface area contributed by atoms with Crippen molar-refractivity contribution >= 4 is 0 Å². The maximum absolute atomic E-state index is 12.9. The molecule has 0 aliphatic heterocycles. The van der Waals surface area contributed by atoms with E-state index in [4.69, 9.17) is 5.26 Å². The van der Waals surface area contributed by atoms with E-state index in [0.717, 1.165) is 32.1 Å². The molecule has 1 aliphatic rings. The lowest BCUT2D eigenvalue weighted by Gasteiger charge is -2.27. The van der Waals surface area contributed by atoms with Crippen molar-refractivity contribution in [3.05, 3.63) is 47.3 Å². The monoisotopic (exact) mass is 257 g/mol. The molecule has 1 fully saturated rings. The van der Waals surface area contributed by atoms with Crippen molar-refractivity contribution in [3.63, 3.8) is 0 Å². The Morgan fingerprint density at radius 2 is 1.89 bits per heavy atom. The highest BCUT2D eigenvalue weighted by atomic mass is 19.1. The van der Waals surface area contributed by atoms with E-state index in [1.165, 1.54) is 17.2 Å². The molecule has 0 saturated heterocycles. The molecule has 0 aromatic heterocycles. The lowest BCUT2D eigenvalue weighted by molar-refractivity contribution is 0.372. The topological polar surface area (TPSA) is 23.8 Å². The van der Waals surface area contributed by atoms with Gasteiger partial charge in [-0.05, 0) is 61.1 Å². The fourth-order valence-corrected chi connectivity index (χ4v) is 2.89. The summed E-state index contributed by atoms with van der Waals surface area (Å²) in [6, 6.07) is 10.4. The van der Waals surface area contributed by atoms with Crippen molar-refractivity contribution in [1.82, 2.24) is 0 Å². The molecular weight excluding hydrogens is 237 g/mol. The van der Waals surface area contributed by atoms with Crippen LogP contribution in [0.15, 0.2) is 36.2 Å². The summed E-state index contributed by atoms with van der Waals surface area (Å²) in [6.45, 7) is 2.16. The number of nitriles is 1. The van der Waals surface area contributed by atoms with Gasteiger partial charge in [0.1, 0.15) is 6.07 Å². The summed E-state index contributed by atoms with van der Waals surface area (Å²) in [6.07, 6.45) is 6.71. The number of hydrogen-bond donors (Lipinski definition) is 0. The van der Waals surface area contributed by atoms with E-state index in [2.05, 4.69) is 31.2 Å². The first-order valence-corrected chi connectivity index (χ1v) is 7.09. The summed E-state index contributed by atoms with van der Waals surface area (Å²) in [5.41, 5.74) is 2.77. The van der Waals surface area contributed by atoms with Crippen molar-refractivity contribution in [3.8, 4) is 6.07 Å². The Labute approximate surface area is 114 Å². The molecule has 1 aromatic carbocycles. The van der Waals surface area contributed by atoms with Gasteiger partial charge < -0.3 is 0 Å². The number of rotatable bonds is 3. The number of benzene rings is 1. The summed E-state index contributed by atoms with van der Waals surface area (Å²) in [5.74, 6) is 0.210. The zero-order valence-corrected chi connectivity index (χ0v) is 11.4. The Kier molecular flexibility index (Phi) is 4.74. The first-order valence-electron chi connectivity index (χ1n) is 7.09. The first-order chi connectivity index (χ1) is 9.22. The second-order valence-corrected chi connectivity index (χ2v) is 5.33. The van der Waals surface area contributed by atoms with E-state index in [0.29, 0.717) is 5.92 Å². The second kappa shape index (κ2) is 6.52. The predicted molar refractivity (Wildman–Crippen MR) is 75.3 cm³/mol. The van der Waals surface area contributed by atoms with Gasteiger partial charge in [0.05, 0.1) is 0 Å². The highest BCUT2D eigenvalue weighted by Gasteiger charge is 2.21. The van der Waals surface area contributed by atoms with Gasteiger partial charge in [-0.3, -0.25) is 0 Å². The molecule has 0 N–H and O–H groups in total. The zero-order chi connectivity index (χ0) is 13.7. The number of hydrogen-bond acceptors (Lipinski definition) is 1. The zero-order valence-electron chi connectivity index (χ0n) is 11.4. The fraction of sp³-hybridized carbons (Fsp3) is 0.471. The SMILES string of the molecule is CCc1ccc([C@H]2CC[C@H](C=C(F)C#N)CC2)cc1. The molecule has 1 aromatic rings. The summed E-state index contributed by atoms with van der Waals surface area (Å²) < 4.78 is 12.9. The molecule has 0 spiro atoms. The largest absolute Gasteiger partial charge is 0.196 e. The van der Waals surface area contributed by atoms with Gasteiger partial charge in [-0.2, -0.15) is 9.65 Å². The molecule has 1 saturated carbocycles. The normalized spacial score (nSPS) is 23.9. The minimum atomic E-state index is -0.629. The van der Waals surface area contributed by atoms with E-state index < -0.39 is 5.83 Å². The molecule has 2 heteroatoms. The molecule has 2 rings (SSSR count). The maximum atomic E-state index is 12.9. The van der Waals surface area contributed by atoms with Gasteiger partial charge in [0.2, 0.25) is 0 Å². The predicted octanol–water partition coefficient (Wildman–Crippen LogP) is 4.90. The number of allylic oxidation sites excluding steroid dienone is 2. The van der Waals surface area contributed by atoms with Crippen LogP contribution in [0.25, 0.3) is 0 Å². The standard InChI is InChI=1S/C17H20FN/c1-2-13-3-7-15(8-4-13)16-9-5-14(6-10-16)11-17(18)12-19/h3-4,7-8,11,14,16H,2,5-6,9-10H2,1H3/t14-,16-. The van der Waals surface area contributed by atoms with Gasteiger partial charge in [-0.25, -0.2) is 0 Å². The van der Waals surface area contributed by atoms with Gasteiger partial charge in [-0.15, -0.1) is 0 Å². The smallest absolute Gasteiger partial charge is 0.195 e. The minimum absolute atomic E-state index is 0.241. The average Bonchev–Trinajstić information content (AvgIpc) is 2.48. The van der Waals surface area contributed by atoms with Crippen LogP contribution in [0.5, 0.6) is 0 Å². The van der Waals surface area contributed by atoms with Crippen molar-refractivity contribution in [2.75, 3.05) is 0 Å². The van der Waals surface area contributed by atoms with Crippen LogP contribution in [0.2, 0.25) is 0 Å². The third-order valence-corrected chi connectivity index (χ3v) is 4.12. The number of aryl methyl sites for hydroxylation is 1. The van der Waals surface area contributed by atoms with Crippen LogP contribution in [0.3, 0.4) is 0 Å². The maximum Gasteiger partial charge on any atom is 0.196 e. The third kappa shape index (κ3) is 3.67. The summed E-state index contributed by atoms with van der Waals surface area (Å²) in [7, 11) is 0. The minimum Gasteiger partial charge on any atom is -0.195 e. The van der Waals surface area contributed by atoms with E-state index in [9.17, 15) is 4.39 Å². The lowest BCUT2D eigenvalue weighted by Crippen LogP contribution is -2.12. The lowest BCUT2D eigenvalue weighted by atomic mass is 9.78. The Balaban J connectivity index is 1.94. The van der Waals surface area contributed by atoms with Crippen LogP contribution in [-0.2, 0) is 6.42 Å². The first kappa shape index (κ1) is 13.8. The van der Waals surface area contributed by atoms with Gasteiger partial charge in [0.15, 0.2) is 5.83 Å². The Bertz CT molecular complexity index is 473. The van der Waals surface area contributed by atoms with Crippen molar-refractivity contribution in [1.29, 1.82) is 5.26 Å². The summed E-state index contributed by atoms with van der Waals surface area (Å²) in [5, 5.41) is 8.45. The van der Waals surface area contributed by atoms with E-state index in [-0.39, 0.29) is 5.92 Å². The van der Waals surface area contributed by atoms with Gasteiger partial charge in [0.25, 0.3) is 0 Å². The van der Waals surface area contributed by atoms with Crippen LogP contribution in [0.1, 0.15) is 49.7 Å². The van der Waals surface area contributed by atoms with Crippen LogP contribution < -0.4 is 0 Å². The van der Waals surface area contributed by atoms with Gasteiger partial charge in [0, 0.05) is 0 Å². The molecule has 0 radical (unpaired) electrons. The third-order valence-electron chi connectivity index (χ3n) is 4.12. The van der Waals surface area contributed by atoms with E-state index >= 15 is 0 Å². The summed E-state index contributed by atoms with van der Waals surface area (Å²) >= 11 is 0.